The quantitative estimate of drug-likeness (QED) is 0.798. The summed E-state index contributed by atoms with van der Waals surface area (Å²) >= 11 is 11.2. The molecule has 2 rings (SSSR count). The third kappa shape index (κ3) is 3.47. The first-order valence-electron chi connectivity index (χ1n) is 5.45. The number of nitrogens with one attached hydrogen (secondary N) is 1. The predicted octanol–water partition coefficient (Wildman–Crippen LogP) is 5.34. The summed E-state index contributed by atoms with van der Waals surface area (Å²) in [6.45, 7) is 3.04. The van der Waals surface area contributed by atoms with Gasteiger partial charge in [-0.1, -0.05) is 18.5 Å². The first-order valence-corrected chi connectivity index (χ1v) is 7.44. The normalized spacial score (nSPS) is 10.5. The molecular formula is C13H13BrClNS. The number of thiophene rings is 1. The smallest absolute Gasteiger partial charge is 0.0549 e. The van der Waals surface area contributed by atoms with Crippen molar-refractivity contribution in [1.29, 1.82) is 0 Å². The number of aryl methyl sites for hydroxylation is 1. The summed E-state index contributed by atoms with van der Waals surface area (Å²) in [6.07, 6.45) is 1.11. The molecular weight excluding hydrogens is 318 g/mol. The molecule has 0 fully saturated rings. The fourth-order valence-corrected chi connectivity index (χ4v) is 2.90. The van der Waals surface area contributed by atoms with Crippen molar-refractivity contribution in [3.63, 3.8) is 0 Å². The van der Waals surface area contributed by atoms with E-state index in [9.17, 15) is 0 Å². The van der Waals surface area contributed by atoms with Gasteiger partial charge in [-0.05, 0) is 52.7 Å². The van der Waals surface area contributed by atoms with Crippen LogP contribution in [-0.4, -0.2) is 0 Å². The lowest BCUT2D eigenvalue weighted by Crippen LogP contribution is -1.96. The Hall–Kier alpha value is -0.510. The van der Waals surface area contributed by atoms with Gasteiger partial charge >= 0.3 is 0 Å². The fourth-order valence-electron chi connectivity index (χ4n) is 1.50. The molecule has 0 bridgehead atoms. The van der Waals surface area contributed by atoms with Crippen LogP contribution >= 0.6 is 38.9 Å². The summed E-state index contributed by atoms with van der Waals surface area (Å²) in [7, 11) is 0. The molecule has 2 aromatic rings. The van der Waals surface area contributed by atoms with Gasteiger partial charge in [0.15, 0.2) is 0 Å². The van der Waals surface area contributed by atoms with Crippen LogP contribution in [0.15, 0.2) is 34.8 Å². The number of benzene rings is 1. The molecule has 4 heteroatoms. The van der Waals surface area contributed by atoms with Gasteiger partial charge in [-0.15, -0.1) is 11.3 Å². The Bertz CT molecular complexity index is 510. The Kier molecular flexibility index (Phi) is 4.48. The molecule has 17 heavy (non-hydrogen) atoms. The van der Waals surface area contributed by atoms with Gasteiger partial charge < -0.3 is 5.32 Å². The first-order chi connectivity index (χ1) is 8.19. The van der Waals surface area contributed by atoms with E-state index in [1.165, 1.54) is 9.75 Å². The summed E-state index contributed by atoms with van der Waals surface area (Å²) in [5.41, 5.74) is 1.08. The van der Waals surface area contributed by atoms with E-state index >= 15 is 0 Å². The molecule has 0 aliphatic carbocycles. The van der Waals surface area contributed by atoms with Crippen LogP contribution in [0, 0.1) is 0 Å². The number of hydrogen-bond acceptors (Lipinski definition) is 2. The minimum Gasteiger partial charge on any atom is -0.380 e. The number of anilines is 1. The van der Waals surface area contributed by atoms with Crippen molar-refractivity contribution < 1.29 is 0 Å². The molecule has 1 aromatic carbocycles. The van der Waals surface area contributed by atoms with E-state index in [0.717, 1.165) is 28.1 Å². The van der Waals surface area contributed by atoms with Gasteiger partial charge in [-0.3, -0.25) is 0 Å². The summed E-state index contributed by atoms with van der Waals surface area (Å²) in [5, 5.41) is 4.12. The van der Waals surface area contributed by atoms with Crippen LogP contribution in [0.2, 0.25) is 5.02 Å². The Morgan fingerprint density at radius 3 is 2.65 bits per heavy atom. The van der Waals surface area contributed by atoms with Crippen LogP contribution in [-0.2, 0) is 13.0 Å². The lowest BCUT2D eigenvalue weighted by atomic mass is 10.3. The van der Waals surface area contributed by atoms with Crippen molar-refractivity contribution in [2.45, 2.75) is 19.9 Å². The third-order valence-corrected chi connectivity index (χ3v) is 4.90. The molecule has 0 saturated carbocycles. The van der Waals surface area contributed by atoms with E-state index in [-0.39, 0.29) is 0 Å². The van der Waals surface area contributed by atoms with Gasteiger partial charge in [0.05, 0.1) is 5.02 Å². The van der Waals surface area contributed by atoms with Crippen molar-refractivity contribution in [3.05, 3.63) is 49.6 Å². The van der Waals surface area contributed by atoms with Gasteiger partial charge in [0.2, 0.25) is 0 Å². The number of hydrogen-bond donors (Lipinski definition) is 1. The van der Waals surface area contributed by atoms with Crippen LogP contribution in [0.4, 0.5) is 5.69 Å². The van der Waals surface area contributed by atoms with E-state index < -0.39 is 0 Å². The van der Waals surface area contributed by atoms with E-state index in [1.54, 1.807) is 0 Å². The standard InChI is InChI=1S/C13H13BrClNS/c1-2-10-4-5-11(17-10)8-16-9-3-6-13(15)12(14)7-9/h3-7,16H,2,8H2,1H3. The fraction of sp³-hybridized carbons (Fsp3) is 0.231. The van der Waals surface area contributed by atoms with Crippen LogP contribution < -0.4 is 5.32 Å². The highest BCUT2D eigenvalue weighted by Crippen LogP contribution is 2.26. The molecule has 0 spiro atoms. The Morgan fingerprint density at radius 1 is 1.24 bits per heavy atom. The van der Waals surface area contributed by atoms with Crippen LogP contribution in [0.25, 0.3) is 0 Å². The lowest BCUT2D eigenvalue weighted by molar-refractivity contribution is 1.19. The highest BCUT2D eigenvalue weighted by Gasteiger charge is 2.01. The van der Waals surface area contributed by atoms with Crippen molar-refractivity contribution >= 4 is 44.6 Å². The zero-order valence-electron chi connectivity index (χ0n) is 9.47. The second-order valence-electron chi connectivity index (χ2n) is 3.70. The maximum atomic E-state index is 5.95. The van der Waals surface area contributed by atoms with Crippen molar-refractivity contribution in [2.75, 3.05) is 5.32 Å². The minimum absolute atomic E-state index is 0.736. The van der Waals surface area contributed by atoms with E-state index in [0.29, 0.717) is 0 Å². The van der Waals surface area contributed by atoms with E-state index in [2.05, 4.69) is 40.3 Å². The Morgan fingerprint density at radius 2 is 2.00 bits per heavy atom. The Balaban J connectivity index is 1.99. The van der Waals surface area contributed by atoms with Gasteiger partial charge in [-0.2, -0.15) is 0 Å². The van der Waals surface area contributed by atoms with Crippen LogP contribution in [0.5, 0.6) is 0 Å². The number of halogens is 2. The number of rotatable bonds is 4. The monoisotopic (exact) mass is 329 g/mol. The van der Waals surface area contributed by atoms with E-state index in [4.69, 9.17) is 11.6 Å². The summed E-state index contributed by atoms with van der Waals surface area (Å²) in [5.74, 6) is 0. The molecule has 0 atom stereocenters. The maximum Gasteiger partial charge on any atom is 0.0549 e. The zero-order chi connectivity index (χ0) is 12.3. The van der Waals surface area contributed by atoms with Gasteiger partial charge in [0.25, 0.3) is 0 Å². The maximum absolute atomic E-state index is 5.95. The first kappa shape index (κ1) is 12.9. The molecule has 1 nitrogen and oxygen atoms in total. The van der Waals surface area contributed by atoms with Crippen LogP contribution in [0.1, 0.15) is 16.7 Å². The second kappa shape index (κ2) is 5.89. The second-order valence-corrected chi connectivity index (χ2v) is 6.22. The predicted molar refractivity (Wildman–Crippen MR) is 80.2 cm³/mol. The third-order valence-electron chi connectivity index (χ3n) is 2.45. The van der Waals surface area contributed by atoms with Gasteiger partial charge in [-0.25, -0.2) is 0 Å². The highest BCUT2D eigenvalue weighted by molar-refractivity contribution is 9.10. The van der Waals surface area contributed by atoms with Crippen molar-refractivity contribution in [2.24, 2.45) is 0 Å². The average molecular weight is 331 g/mol. The molecule has 1 aromatic heterocycles. The van der Waals surface area contributed by atoms with Gasteiger partial charge in [0.1, 0.15) is 0 Å². The van der Waals surface area contributed by atoms with Gasteiger partial charge in [0, 0.05) is 26.5 Å². The molecule has 0 radical (unpaired) electrons. The average Bonchev–Trinajstić information content (AvgIpc) is 2.79. The zero-order valence-corrected chi connectivity index (χ0v) is 12.6. The summed E-state index contributed by atoms with van der Waals surface area (Å²) < 4.78 is 0.921. The Labute approximate surface area is 119 Å². The largest absolute Gasteiger partial charge is 0.380 e. The topological polar surface area (TPSA) is 12.0 Å². The minimum atomic E-state index is 0.736. The molecule has 90 valence electrons. The molecule has 0 amide bonds. The van der Waals surface area contributed by atoms with Crippen LogP contribution in [0.3, 0.4) is 0 Å². The van der Waals surface area contributed by atoms with Crippen molar-refractivity contribution in [1.82, 2.24) is 0 Å². The summed E-state index contributed by atoms with van der Waals surface area (Å²) in [4.78, 5) is 2.78. The molecule has 0 unspecified atom stereocenters. The van der Waals surface area contributed by atoms with Crippen molar-refractivity contribution in [3.8, 4) is 0 Å². The molecule has 0 aliphatic rings. The molecule has 1 heterocycles. The van der Waals surface area contributed by atoms with E-state index in [1.807, 2.05) is 29.5 Å². The highest BCUT2D eigenvalue weighted by atomic mass is 79.9. The molecule has 0 aliphatic heterocycles. The molecule has 0 saturated heterocycles. The lowest BCUT2D eigenvalue weighted by Gasteiger charge is -2.06. The SMILES string of the molecule is CCc1ccc(CNc2ccc(Cl)c(Br)c2)s1. The summed E-state index contributed by atoms with van der Waals surface area (Å²) in [6, 6.07) is 10.2. The molecule has 1 N–H and O–H groups in total.